The Morgan fingerprint density at radius 2 is 1.80 bits per heavy atom. The van der Waals surface area contributed by atoms with E-state index in [9.17, 15) is 23.1 Å². The van der Waals surface area contributed by atoms with E-state index in [4.69, 9.17) is 9.57 Å². The summed E-state index contributed by atoms with van der Waals surface area (Å²) in [6.07, 6.45) is 3.83. The van der Waals surface area contributed by atoms with Crippen LogP contribution in [0.15, 0.2) is 29.4 Å². The second-order valence-electron chi connectivity index (χ2n) is 12.0. The van der Waals surface area contributed by atoms with Crippen molar-refractivity contribution in [3.8, 4) is 16.9 Å². The van der Waals surface area contributed by atoms with Crippen molar-refractivity contribution < 1.29 is 32.6 Å². The summed E-state index contributed by atoms with van der Waals surface area (Å²) in [5.41, 5.74) is 1.87. The zero-order chi connectivity index (χ0) is 28.2. The minimum Gasteiger partial charge on any atom is -0.493 e. The van der Waals surface area contributed by atoms with E-state index in [2.05, 4.69) is 21.0 Å². The fourth-order valence-electron chi connectivity index (χ4n) is 6.23. The average Bonchev–Trinajstić information content (AvgIpc) is 3.66. The summed E-state index contributed by atoms with van der Waals surface area (Å²) in [5, 5.41) is 13.9. The summed E-state index contributed by atoms with van der Waals surface area (Å²) in [5.74, 6) is -2.94. The number of halogens is 3. The van der Waals surface area contributed by atoms with Crippen molar-refractivity contribution in [3.63, 3.8) is 0 Å². The molecular formula is C30H34F3N3O4. The van der Waals surface area contributed by atoms with Crippen LogP contribution in [0.5, 0.6) is 5.75 Å². The summed E-state index contributed by atoms with van der Waals surface area (Å²) >= 11 is 0. The van der Waals surface area contributed by atoms with Gasteiger partial charge in [0.25, 0.3) is 0 Å². The molecule has 0 radical (unpaired) electrons. The van der Waals surface area contributed by atoms with Gasteiger partial charge in [-0.15, -0.1) is 0 Å². The molecule has 0 aromatic heterocycles. The van der Waals surface area contributed by atoms with Crippen LogP contribution in [0.2, 0.25) is 0 Å². The van der Waals surface area contributed by atoms with Crippen molar-refractivity contribution in [2.45, 2.75) is 64.0 Å². The third kappa shape index (κ3) is 4.91. The van der Waals surface area contributed by atoms with Crippen molar-refractivity contribution in [3.05, 3.63) is 52.8 Å². The number of amidine groups is 1. The summed E-state index contributed by atoms with van der Waals surface area (Å²) < 4.78 is 47.9. The first kappa shape index (κ1) is 26.9. The van der Waals surface area contributed by atoms with E-state index in [1.165, 1.54) is 0 Å². The van der Waals surface area contributed by atoms with Crippen LogP contribution in [0.1, 0.15) is 63.0 Å². The van der Waals surface area contributed by atoms with Crippen LogP contribution in [0.25, 0.3) is 11.1 Å². The molecule has 3 heterocycles. The van der Waals surface area contributed by atoms with Crippen molar-refractivity contribution in [1.82, 2.24) is 9.80 Å². The lowest BCUT2D eigenvalue weighted by Gasteiger charge is -2.45. The Hall–Kier alpha value is -3.27. The highest BCUT2D eigenvalue weighted by Crippen LogP contribution is 2.49. The van der Waals surface area contributed by atoms with Gasteiger partial charge < -0.3 is 19.6 Å². The van der Waals surface area contributed by atoms with Crippen LogP contribution in [0.4, 0.5) is 13.2 Å². The molecule has 0 atom stereocenters. The number of piperidine rings is 1. The topological polar surface area (TPSA) is 74.6 Å². The molecule has 2 aromatic carbocycles. The lowest BCUT2D eigenvalue weighted by Crippen LogP contribution is -2.61. The number of aliphatic carboxylic acids is 1. The van der Waals surface area contributed by atoms with Gasteiger partial charge >= 0.3 is 5.97 Å². The van der Waals surface area contributed by atoms with Gasteiger partial charge in [0.2, 0.25) is 0 Å². The van der Waals surface area contributed by atoms with Crippen LogP contribution in [-0.2, 0) is 16.2 Å². The normalized spacial score (nSPS) is 21.6. The van der Waals surface area contributed by atoms with Crippen LogP contribution >= 0.6 is 0 Å². The number of hydrogen-bond acceptors (Lipinski definition) is 6. The second kappa shape index (κ2) is 9.98. The Kier molecular flexibility index (Phi) is 6.71. The SMILES string of the molecule is CCOc1cc(CN2CC3(CC(N4CCC(C)(C(=O)O)CC4)=NO3)C2)cc(C2CC2)c1-c1cc(F)c(F)c(F)c1. The molecule has 0 bridgehead atoms. The number of carboxylic acid groups (broad SMARTS) is 1. The van der Waals surface area contributed by atoms with Gasteiger partial charge in [-0.2, -0.15) is 0 Å². The molecule has 214 valence electrons. The predicted molar refractivity (Wildman–Crippen MR) is 143 cm³/mol. The molecule has 1 aliphatic carbocycles. The first-order valence-electron chi connectivity index (χ1n) is 14.0. The van der Waals surface area contributed by atoms with Gasteiger partial charge in [0.1, 0.15) is 11.6 Å². The number of oxime groups is 1. The van der Waals surface area contributed by atoms with E-state index in [0.29, 0.717) is 69.9 Å². The van der Waals surface area contributed by atoms with Gasteiger partial charge in [0.05, 0.1) is 18.4 Å². The maximum atomic E-state index is 14.1. The quantitative estimate of drug-likeness (QED) is 0.452. The monoisotopic (exact) mass is 557 g/mol. The third-order valence-electron chi connectivity index (χ3n) is 8.78. The minimum absolute atomic E-state index is 0.273. The van der Waals surface area contributed by atoms with E-state index in [1.807, 2.05) is 13.0 Å². The number of benzene rings is 2. The molecule has 1 N–H and O–H groups in total. The van der Waals surface area contributed by atoms with Gasteiger partial charge in [0.15, 0.2) is 23.1 Å². The minimum atomic E-state index is -1.47. The molecule has 4 aliphatic rings. The lowest BCUT2D eigenvalue weighted by atomic mass is 9.80. The summed E-state index contributed by atoms with van der Waals surface area (Å²) in [4.78, 5) is 21.9. The Bertz CT molecular complexity index is 1340. The average molecular weight is 558 g/mol. The highest BCUT2D eigenvalue weighted by Gasteiger charge is 2.51. The van der Waals surface area contributed by atoms with Gasteiger partial charge in [-0.1, -0.05) is 11.2 Å². The molecule has 40 heavy (non-hydrogen) atoms. The molecule has 2 saturated heterocycles. The molecule has 3 fully saturated rings. The number of carbonyl (C=O) groups is 1. The van der Waals surface area contributed by atoms with Gasteiger partial charge in [-0.25, -0.2) is 13.2 Å². The number of ether oxygens (including phenoxy) is 1. The van der Waals surface area contributed by atoms with Crippen LogP contribution in [-0.4, -0.2) is 65.1 Å². The predicted octanol–water partition coefficient (Wildman–Crippen LogP) is 5.52. The van der Waals surface area contributed by atoms with Crippen molar-refractivity contribution >= 4 is 11.8 Å². The molecule has 7 nitrogen and oxygen atoms in total. The Morgan fingerprint density at radius 1 is 1.12 bits per heavy atom. The van der Waals surface area contributed by atoms with E-state index < -0.39 is 28.8 Å². The zero-order valence-corrected chi connectivity index (χ0v) is 22.8. The lowest BCUT2D eigenvalue weighted by molar-refractivity contribution is -0.150. The Morgan fingerprint density at radius 3 is 2.40 bits per heavy atom. The standard InChI is InChI=1S/C30H34F3N3O4/c1-3-39-24-11-18(10-21(19-4-5-19)26(24)20-12-22(31)27(33)23(32)13-20)15-35-16-30(17-35)14-25(34-40-30)36-8-6-29(2,7-9-36)28(37)38/h10-13,19H,3-9,14-17H2,1-2H3,(H,37,38). The van der Waals surface area contributed by atoms with Crippen LogP contribution in [0, 0.1) is 22.9 Å². The van der Waals surface area contributed by atoms with Crippen molar-refractivity contribution in [2.24, 2.45) is 10.6 Å². The fourth-order valence-corrected chi connectivity index (χ4v) is 6.23. The Labute approximate surface area is 231 Å². The van der Waals surface area contributed by atoms with Crippen LogP contribution in [0.3, 0.4) is 0 Å². The summed E-state index contributed by atoms with van der Waals surface area (Å²) in [7, 11) is 0. The van der Waals surface area contributed by atoms with Gasteiger partial charge in [-0.05, 0) is 80.3 Å². The number of likely N-dealkylation sites (tertiary alicyclic amines) is 2. The van der Waals surface area contributed by atoms with E-state index in [0.717, 1.165) is 41.9 Å². The molecular weight excluding hydrogens is 523 g/mol. The molecule has 1 spiro atoms. The zero-order valence-electron chi connectivity index (χ0n) is 22.8. The fraction of sp³-hybridized carbons (Fsp3) is 0.533. The maximum Gasteiger partial charge on any atom is 0.309 e. The van der Waals surface area contributed by atoms with E-state index >= 15 is 0 Å². The third-order valence-corrected chi connectivity index (χ3v) is 8.78. The first-order chi connectivity index (χ1) is 19.1. The second-order valence-corrected chi connectivity index (χ2v) is 12.0. The van der Waals surface area contributed by atoms with Gasteiger partial charge in [-0.3, -0.25) is 9.69 Å². The largest absolute Gasteiger partial charge is 0.493 e. The number of carboxylic acids is 1. The summed E-state index contributed by atoms with van der Waals surface area (Å²) in [6.45, 7) is 7.44. The van der Waals surface area contributed by atoms with Crippen molar-refractivity contribution in [1.29, 1.82) is 0 Å². The molecule has 0 unspecified atom stereocenters. The molecule has 0 amide bonds. The molecule has 1 saturated carbocycles. The smallest absolute Gasteiger partial charge is 0.309 e. The van der Waals surface area contributed by atoms with E-state index in [1.54, 1.807) is 6.92 Å². The first-order valence-corrected chi connectivity index (χ1v) is 14.0. The van der Waals surface area contributed by atoms with Gasteiger partial charge in [0, 0.05) is 38.3 Å². The Balaban J connectivity index is 1.15. The molecule has 3 aliphatic heterocycles. The maximum absolute atomic E-state index is 14.1. The molecule has 2 aromatic rings. The molecule has 6 rings (SSSR count). The molecule has 10 heteroatoms. The highest BCUT2D eigenvalue weighted by atomic mass is 19.2. The van der Waals surface area contributed by atoms with E-state index in [-0.39, 0.29) is 17.1 Å². The van der Waals surface area contributed by atoms with Crippen LogP contribution < -0.4 is 4.74 Å². The number of hydrogen-bond donors (Lipinski definition) is 1. The highest BCUT2D eigenvalue weighted by molar-refractivity contribution is 5.85. The number of rotatable bonds is 7. The number of nitrogens with zero attached hydrogens (tertiary/aromatic N) is 3. The van der Waals surface area contributed by atoms with Crippen molar-refractivity contribution in [2.75, 3.05) is 32.8 Å². The summed E-state index contributed by atoms with van der Waals surface area (Å²) in [6, 6.07) is 6.09.